The second-order valence-electron chi connectivity index (χ2n) is 6.81. The first-order chi connectivity index (χ1) is 12.4. The van der Waals surface area contributed by atoms with Gasteiger partial charge in [-0.25, -0.2) is 0 Å². The monoisotopic (exact) mass is 328 g/mol. The van der Waals surface area contributed by atoms with Gasteiger partial charge in [-0.1, -0.05) is 49.2 Å². The Hall–Kier alpha value is -2.88. The lowest BCUT2D eigenvalue weighted by atomic mass is 10.00. The molecule has 0 amide bonds. The highest BCUT2D eigenvalue weighted by molar-refractivity contribution is 5.94. The zero-order valence-electron chi connectivity index (χ0n) is 14.0. The highest BCUT2D eigenvalue weighted by Gasteiger charge is 2.20. The predicted molar refractivity (Wildman–Crippen MR) is 100 cm³/mol. The van der Waals surface area contributed by atoms with Crippen molar-refractivity contribution in [3.63, 3.8) is 0 Å². The van der Waals surface area contributed by atoms with Crippen molar-refractivity contribution < 1.29 is 0 Å². The fourth-order valence-corrected chi connectivity index (χ4v) is 4.02. The second kappa shape index (κ2) is 5.88. The average Bonchev–Trinajstić information content (AvgIpc) is 3.41. The maximum Gasteiger partial charge on any atom is 0.0685 e. The molecule has 0 spiro atoms. The number of hydrogen-bond acceptors (Lipinski definition) is 2. The van der Waals surface area contributed by atoms with E-state index in [1.165, 1.54) is 48.1 Å². The maximum atomic E-state index is 4.59. The molecule has 2 heterocycles. The van der Waals surface area contributed by atoms with Gasteiger partial charge in [-0.15, -0.1) is 0 Å². The summed E-state index contributed by atoms with van der Waals surface area (Å²) in [6.45, 7) is 0. The molecule has 124 valence electrons. The molecule has 4 nitrogen and oxygen atoms in total. The summed E-state index contributed by atoms with van der Waals surface area (Å²) >= 11 is 0. The van der Waals surface area contributed by atoms with E-state index in [0.29, 0.717) is 6.04 Å². The minimum atomic E-state index is 0.560. The van der Waals surface area contributed by atoms with Crippen LogP contribution in [0.2, 0.25) is 0 Å². The van der Waals surface area contributed by atoms with Crippen LogP contribution in [0, 0.1) is 0 Å². The van der Waals surface area contributed by atoms with Gasteiger partial charge in [0.2, 0.25) is 0 Å². The molecule has 4 aromatic rings. The molecule has 1 aliphatic carbocycles. The van der Waals surface area contributed by atoms with Crippen molar-refractivity contribution in [2.45, 2.75) is 31.7 Å². The summed E-state index contributed by atoms with van der Waals surface area (Å²) in [6.07, 6.45) is 8.95. The van der Waals surface area contributed by atoms with Gasteiger partial charge in [0.15, 0.2) is 0 Å². The first kappa shape index (κ1) is 14.5. The zero-order valence-corrected chi connectivity index (χ0v) is 14.0. The van der Waals surface area contributed by atoms with Crippen molar-refractivity contribution >= 4 is 10.9 Å². The van der Waals surface area contributed by atoms with Crippen LogP contribution < -0.4 is 0 Å². The van der Waals surface area contributed by atoms with E-state index in [4.69, 9.17) is 0 Å². The number of aromatic nitrogens is 4. The number of nitrogens with one attached hydrogen (secondary N) is 1. The summed E-state index contributed by atoms with van der Waals surface area (Å²) in [6, 6.07) is 17.8. The fraction of sp³-hybridized carbons (Fsp3) is 0.238. The summed E-state index contributed by atoms with van der Waals surface area (Å²) in [5.41, 5.74) is 5.94. The third-order valence-electron chi connectivity index (χ3n) is 5.32. The number of nitrogens with zero attached hydrogens (tertiary/aromatic N) is 3. The van der Waals surface area contributed by atoms with Gasteiger partial charge >= 0.3 is 0 Å². The lowest BCUT2D eigenvalue weighted by Crippen LogP contribution is -2.07. The molecule has 5 rings (SSSR count). The molecule has 1 fully saturated rings. The van der Waals surface area contributed by atoms with E-state index in [1.807, 2.05) is 12.4 Å². The Bertz CT molecular complexity index is 1000. The van der Waals surface area contributed by atoms with Crippen LogP contribution in [0.25, 0.3) is 33.3 Å². The lowest BCUT2D eigenvalue weighted by molar-refractivity contribution is 0.472. The highest BCUT2D eigenvalue weighted by Crippen LogP contribution is 2.34. The van der Waals surface area contributed by atoms with Crippen molar-refractivity contribution in [2.24, 2.45) is 0 Å². The Kier molecular flexibility index (Phi) is 3.40. The quantitative estimate of drug-likeness (QED) is 0.561. The number of aromatic amines is 1. The van der Waals surface area contributed by atoms with Crippen LogP contribution in [0.4, 0.5) is 0 Å². The first-order valence-electron chi connectivity index (χ1n) is 8.96. The van der Waals surface area contributed by atoms with E-state index in [1.54, 1.807) is 0 Å². The van der Waals surface area contributed by atoms with Gasteiger partial charge in [-0.05, 0) is 41.7 Å². The second-order valence-corrected chi connectivity index (χ2v) is 6.81. The van der Waals surface area contributed by atoms with Gasteiger partial charge < -0.3 is 0 Å². The largest absolute Gasteiger partial charge is 0.278 e. The molecule has 4 heteroatoms. The smallest absolute Gasteiger partial charge is 0.0685 e. The van der Waals surface area contributed by atoms with E-state index in [2.05, 4.69) is 68.5 Å². The molecule has 1 aliphatic rings. The molecule has 0 saturated heterocycles. The Labute approximate surface area is 146 Å². The van der Waals surface area contributed by atoms with Gasteiger partial charge in [0.05, 0.1) is 23.4 Å². The highest BCUT2D eigenvalue weighted by atomic mass is 15.3. The Morgan fingerprint density at radius 2 is 1.72 bits per heavy atom. The van der Waals surface area contributed by atoms with Crippen LogP contribution in [0.3, 0.4) is 0 Å². The molecule has 0 unspecified atom stereocenters. The molecule has 0 aliphatic heterocycles. The van der Waals surface area contributed by atoms with E-state index >= 15 is 0 Å². The molecular weight excluding hydrogens is 308 g/mol. The topological polar surface area (TPSA) is 46.5 Å². The third kappa shape index (κ3) is 2.45. The van der Waals surface area contributed by atoms with Gasteiger partial charge in [-0.3, -0.25) is 9.78 Å². The SMILES string of the molecule is c1cc(-c2ccc(-c3ccnn3C3CCCC3)cc2)c2cn[nH]c2c1. The van der Waals surface area contributed by atoms with E-state index in [-0.39, 0.29) is 0 Å². The predicted octanol–water partition coefficient (Wildman–Crippen LogP) is 5.21. The molecule has 25 heavy (non-hydrogen) atoms. The van der Waals surface area contributed by atoms with Crippen LogP contribution in [0.1, 0.15) is 31.7 Å². The van der Waals surface area contributed by atoms with E-state index in [9.17, 15) is 0 Å². The Balaban J connectivity index is 1.52. The minimum absolute atomic E-state index is 0.560. The van der Waals surface area contributed by atoms with Gasteiger partial charge in [0.25, 0.3) is 0 Å². The van der Waals surface area contributed by atoms with Crippen molar-refractivity contribution in [1.29, 1.82) is 0 Å². The average molecular weight is 328 g/mol. The van der Waals surface area contributed by atoms with Crippen molar-refractivity contribution in [2.75, 3.05) is 0 Å². The number of hydrogen-bond donors (Lipinski definition) is 1. The lowest BCUT2D eigenvalue weighted by Gasteiger charge is -2.14. The van der Waals surface area contributed by atoms with Crippen LogP contribution in [-0.4, -0.2) is 20.0 Å². The standard InChI is InChI=1S/C21H20N4/c1-2-5-17(4-1)25-21(12-13-23-25)16-10-8-15(9-11-16)18-6-3-7-20-19(18)14-22-24-20/h3,6-14,17H,1-2,4-5H2,(H,22,24). The van der Waals surface area contributed by atoms with Crippen molar-refractivity contribution in [3.05, 3.63) is 60.9 Å². The third-order valence-corrected chi connectivity index (χ3v) is 5.32. The van der Waals surface area contributed by atoms with Crippen molar-refractivity contribution in [1.82, 2.24) is 20.0 Å². The van der Waals surface area contributed by atoms with Crippen LogP contribution >= 0.6 is 0 Å². The molecule has 1 saturated carbocycles. The Morgan fingerprint density at radius 1 is 0.920 bits per heavy atom. The summed E-state index contributed by atoms with van der Waals surface area (Å²) in [4.78, 5) is 0. The van der Waals surface area contributed by atoms with Crippen LogP contribution in [0.5, 0.6) is 0 Å². The first-order valence-corrected chi connectivity index (χ1v) is 8.96. The van der Waals surface area contributed by atoms with E-state index in [0.717, 1.165) is 10.9 Å². The van der Waals surface area contributed by atoms with Crippen LogP contribution in [-0.2, 0) is 0 Å². The molecule has 2 aromatic heterocycles. The number of fused-ring (bicyclic) bond motifs is 1. The normalized spacial score (nSPS) is 15.2. The van der Waals surface area contributed by atoms with E-state index < -0.39 is 0 Å². The molecular formula is C21H20N4. The summed E-state index contributed by atoms with van der Waals surface area (Å²) in [7, 11) is 0. The summed E-state index contributed by atoms with van der Waals surface area (Å²) in [5, 5.41) is 13.0. The molecule has 0 radical (unpaired) electrons. The van der Waals surface area contributed by atoms with Gasteiger partial charge in [0, 0.05) is 11.6 Å². The Morgan fingerprint density at radius 3 is 2.56 bits per heavy atom. The number of H-pyrrole nitrogens is 1. The van der Waals surface area contributed by atoms with Gasteiger partial charge in [0.1, 0.15) is 0 Å². The molecule has 0 bridgehead atoms. The molecule has 1 N–H and O–H groups in total. The summed E-state index contributed by atoms with van der Waals surface area (Å²) in [5.74, 6) is 0. The fourth-order valence-electron chi connectivity index (χ4n) is 4.02. The van der Waals surface area contributed by atoms with Crippen molar-refractivity contribution in [3.8, 4) is 22.4 Å². The number of rotatable bonds is 3. The maximum absolute atomic E-state index is 4.59. The minimum Gasteiger partial charge on any atom is -0.278 e. The summed E-state index contributed by atoms with van der Waals surface area (Å²) < 4.78 is 2.22. The van der Waals surface area contributed by atoms with Gasteiger partial charge in [-0.2, -0.15) is 10.2 Å². The molecule has 0 atom stereocenters. The van der Waals surface area contributed by atoms with Crippen LogP contribution in [0.15, 0.2) is 60.9 Å². The zero-order chi connectivity index (χ0) is 16.6. The molecule has 2 aromatic carbocycles. The number of benzene rings is 2.